The minimum Gasteiger partial charge on any atom is -0.508 e. The average Bonchev–Trinajstić information content (AvgIpc) is 3.35. The molecule has 1 aliphatic heterocycles. The number of phenolic OH excluding ortho intramolecular Hbond substituents is 1. The van der Waals surface area contributed by atoms with Gasteiger partial charge in [-0.1, -0.05) is 24.3 Å². The van der Waals surface area contributed by atoms with Gasteiger partial charge >= 0.3 is 0 Å². The predicted octanol–water partition coefficient (Wildman–Crippen LogP) is 4.60. The number of aromatic nitrogens is 3. The maximum atomic E-state index is 13.7. The maximum Gasteiger partial charge on any atom is 0.255 e. The highest BCUT2D eigenvalue weighted by atomic mass is 16.5. The van der Waals surface area contributed by atoms with E-state index in [2.05, 4.69) is 10.6 Å². The molecule has 38 heavy (non-hydrogen) atoms. The molecule has 1 aromatic heterocycles. The molecule has 1 unspecified atom stereocenters. The van der Waals surface area contributed by atoms with Crippen molar-refractivity contribution in [3.05, 3.63) is 83.6 Å². The van der Waals surface area contributed by atoms with E-state index in [0.717, 1.165) is 0 Å². The van der Waals surface area contributed by atoms with Crippen LogP contribution in [0, 0.1) is 0 Å². The molecular weight excluding hydrogens is 486 g/mol. The van der Waals surface area contributed by atoms with Gasteiger partial charge in [0.25, 0.3) is 5.91 Å². The summed E-state index contributed by atoms with van der Waals surface area (Å²) in [4.78, 5) is 18.4. The van der Waals surface area contributed by atoms with Crippen molar-refractivity contribution >= 4 is 17.5 Å². The minimum absolute atomic E-state index is 0.0740. The molecule has 0 radical (unpaired) electrons. The number of carbonyl (C=O) groups is 1. The first kappa shape index (κ1) is 24.7. The number of nitrogens with zero attached hydrogens (tertiary/aromatic N) is 3. The predicted molar refractivity (Wildman–Crippen MR) is 143 cm³/mol. The lowest BCUT2D eigenvalue weighted by Crippen LogP contribution is -2.31. The molecule has 0 saturated heterocycles. The van der Waals surface area contributed by atoms with Gasteiger partial charge in [0.05, 0.1) is 32.6 Å². The number of para-hydroxylation sites is 2. The van der Waals surface area contributed by atoms with Crippen LogP contribution in [-0.4, -0.2) is 47.1 Å². The lowest BCUT2D eigenvalue weighted by molar-refractivity contribution is -0.113. The lowest BCUT2D eigenvalue weighted by atomic mass is 9.95. The zero-order valence-electron chi connectivity index (χ0n) is 21.4. The van der Waals surface area contributed by atoms with Gasteiger partial charge in [-0.2, -0.15) is 4.98 Å². The molecule has 5 rings (SSSR count). The third-order valence-corrected chi connectivity index (χ3v) is 6.28. The molecule has 3 N–H and O–H groups in total. The van der Waals surface area contributed by atoms with E-state index in [4.69, 9.17) is 24.3 Å². The van der Waals surface area contributed by atoms with Gasteiger partial charge in [0.1, 0.15) is 17.5 Å². The summed E-state index contributed by atoms with van der Waals surface area (Å²) in [6, 6.07) is 18.7. The molecule has 0 saturated carbocycles. The number of benzene rings is 3. The molecule has 3 aromatic carbocycles. The molecule has 0 spiro atoms. The summed E-state index contributed by atoms with van der Waals surface area (Å²) < 4.78 is 17.8. The molecule has 194 valence electrons. The SMILES string of the molecule is COc1ccccc1NC(=O)C1=C(C)Nc2nc(-c3ccc(OC)c(OC)c3)nn2C1c1cccc(O)c1. The lowest BCUT2D eigenvalue weighted by Gasteiger charge is -2.29. The molecule has 10 nitrogen and oxygen atoms in total. The van der Waals surface area contributed by atoms with Crippen LogP contribution in [0.2, 0.25) is 0 Å². The van der Waals surface area contributed by atoms with Crippen LogP contribution >= 0.6 is 0 Å². The Bertz CT molecular complexity index is 1540. The fourth-order valence-electron chi connectivity index (χ4n) is 4.48. The van der Waals surface area contributed by atoms with Crippen LogP contribution < -0.4 is 24.8 Å². The number of nitrogens with one attached hydrogen (secondary N) is 2. The Labute approximate surface area is 219 Å². The zero-order chi connectivity index (χ0) is 26.8. The van der Waals surface area contributed by atoms with Crippen LogP contribution in [0.5, 0.6) is 23.0 Å². The Morgan fingerprint density at radius 3 is 2.45 bits per heavy atom. The smallest absolute Gasteiger partial charge is 0.255 e. The molecule has 4 aromatic rings. The van der Waals surface area contributed by atoms with Crippen LogP contribution in [0.25, 0.3) is 11.4 Å². The normalized spacial score (nSPS) is 14.4. The quantitative estimate of drug-likeness (QED) is 0.328. The van der Waals surface area contributed by atoms with Crippen molar-refractivity contribution in [1.29, 1.82) is 0 Å². The molecule has 0 aliphatic carbocycles. The van der Waals surface area contributed by atoms with Crippen LogP contribution in [-0.2, 0) is 4.79 Å². The summed E-state index contributed by atoms with van der Waals surface area (Å²) in [7, 11) is 4.68. The fraction of sp³-hybridized carbons (Fsp3) is 0.179. The van der Waals surface area contributed by atoms with Gasteiger partial charge in [-0.3, -0.25) is 4.79 Å². The van der Waals surface area contributed by atoms with E-state index in [1.54, 1.807) is 75.4 Å². The first-order chi connectivity index (χ1) is 18.4. The molecule has 10 heteroatoms. The highest BCUT2D eigenvalue weighted by molar-refractivity contribution is 6.06. The summed E-state index contributed by atoms with van der Waals surface area (Å²) in [6.07, 6.45) is 0. The second kappa shape index (κ2) is 10.2. The Morgan fingerprint density at radius 2 is 1.71 bits per heavy atom. The number of fused-ring (bicyclic) bond motifs is 1. The van der Waals surface area contributed by atoms with Crippen LogP contribution in [0.4, 0.5) is 11.6 Å². The van der Waals surface area contributed by atoms with Gasteiger partial charge in [-0.05, 0) is 55.0 Å². The van der Waals surface area contributed by atoms with Crippen LogP contribution in [0.15, 0.2) is 78.0 Å². The van der Waals surface area contributed by atoms with Crippen molar-refractivity contribution in [2.24, 2.45) is 0 Å². The number of methoxy groups -OCH3 is 3. The summed E-state index contributed by atoms with van der Waals surface area (Å²) in [5.41, 5.74) is 2.92. The first-order valence-corrected chi connectivity index (χ1v) is 11.8. The van der Waals surface area contributed by atoms with E-state index in [0.29, 0.717) is 57.1 Å². The number of hydrogen-bond acceptors (Lipinski definition) is 8. The molecule has 1 aliphatic rings. The first-order valence-electron chi connectivity index (χ1n) is 11.8. The van der Waals surface area contributed by atoms with Gasteiger partial charge in [0, 0.05) is 11.3 Å². The fourth-order valence-corrected chi connectivity index (χ4v) is 4.48. The van der Waals surface area contributed by atoms with E-state index in [1.807, 2.05) is 24.3 Å². The number of phenols is 1. The zero-order valence-corrected chi connectivity index (χ0v) is 21.4. The van der Waals surface area contributed by atoms with Gasteiger partial charge in [-0.15, -0.1) is 5.10 Å². The third kappa shape index (κ3) is 4.47. The summed E-state index contributed by atoms with van der Waals surface area (Å²) in [6.45, 7) is 1.81. The highest BCUT2D eigenvalue weighted by Crippen LogP contribution is 2.39. The highest BCUT2D eigenvalue weighted by Gasteiger charge is 2.35. The van der Waals surface area contributed by atoms with Gasteiger partial charge in [-0.25, -0.2) is 4.68 Å². The van der Waals surface area contributed by atoms with E-state index in [1.165, 1.54) is 0 Å². The van der Waals surface area contributed by atoms with Crippen LogP contribution in [0.1, 0.15) is 18.5 Å². The van der Waals surface area contributed by atoms with Crippen LogP contribution in [0.3, 0.4) is 0 Å². The number of aromatic hydroxyl groups is 1. The Balaban J connectivity index is 1.60. The van der Waals surface area contributed by atoms with E-state index in [9.17, 15) is 9.90 Å². The molecule has 1 amide bonds. The van der Waals surface area contributed by atoms with Gasteiger partial charge in [0.15, 0.2) is 17.3 Å². The Morgan fingerprint density at radius 1 is 0.947 bits per heavy atom. The number of rotatable bonds is 7. The number of anilines is 2. The van der Waals surface area contributed by atoms with E-state index >= 15 is 0 Å². The Kier molecular flexibility index (Phi) is 6.61. The van der Waals surface area contributed by atoms with Gasteiger partial charge < -0.3 is 30.0 Å². The molecule has 1 atom stereocenters. The number of carbonyl (C=O) groups excluding carboxylic acids is 1. The maximum absolute atomic E-state index is 13.7. The topological polar surface area (TPSA) is 120 Å². The Hall–Kier alpha value is -4.99. The van der Waals surface area contributed by atoms with Crippen molar-refractivity contribution in [3.8, 4) is 34.4 Å². The van der Waals surface area contributed by atoms with E-state index in [-0.39, 0.29) is 11.7 Å². The molecule has 0 fully saturated rings. The summed E-state index contributed by atoms with van der Waals surface area (Å²) in [5.74, 6) is 2.28. The van der Waals surface area contributed by atoms with Crippen molar-refractivity contribution in [2.75, 3.05) is 32.0 Å². The van der Waals surface area contributed by atoms with Gasteiger partial charge in [0.2, 0.25) is 5.95 Å². The second-order valence-corrected chi connectivity index (χ2v) is 8.59. The number of hydrogen-bond donors (Lipinski definition) is 3. The standard InChI is InChI=1S/C28H27N5O5/c1-16-24(27(35)30-20-10-5-6-11-21(20)36-2)25(17-8-7-9-19(34)14-17)33-28(29-16)31-26(32-33)18-12-13-22(37-3)23(15-18)38-4/h5-15,25,34H,1-4H3,(H,30,35)(H,29,31,32). The molecule has 2 heterocycles. The number of allylic oxidation sites excluding steroid dienone is 1. The van der Waals surface area contributed by atoms with Crippen molar-refractivity contribution < 1.29 is 24.1 Å². The number of ether oxygens (including phenoxy) is 3. The number of amides is 1. The largest absolute Gasteiger partial charge is 0.508 e. The molecular formula is C28H27N5O5. The monoisotopic (exact) mass is 513 g/mol. The van der Waals surface area contributed by atoms with E-state index < -0.39 is 6.04 Å². The minimum atomic E-state index is -0.672. The average molecular weight is 514 g/mol. The summed E-state index contributed by atoms with van der Waals surface area (Å²) in [5, 5.41) is 21.2. The van der Waals surface area contributed by atoms with Crippen molar-refractivity contribution in [3.63, 3.8) is 0 Å². The molecule has 0 bridgehead atoms. The third-order valence-electron chi connectivity index (χ3n) is 6.28. The van der Waals surface area contributed by atoms with Crippen molar-refractivity contribution in [1.82, 2.24) is 14.8 Å². The summed E-state index contributed by atoms with van der Waals surface area (Å²) >= 11 is 0. The van der Waals surface area contributed by atoms with Crippen molar-refractivity contribution in [2.45, 2.75) is 13.0 Å². The second-order valence-electron chi connectivity index (χ2n) is 8.59.